The van der Waals surface area contributed by atoms with E-state index in [4.69, 9.17) is 0 Å². The van der Waals surface area contributed by atoms with E-state index in [9.17, 15) is 19.5 Å². The molecule has 0 aromatic heterocycles. The number of β-lactam (4-membered cyclic amide) rings is 1. The van der Waals surface area contributed by atoms with Gasteiger partial charge in [-0.3, -0.25) is 14.5 Å². The Labute approximate surface area is 156 Å². The lowest BCUT2D eigenvalue weighted by atomic mass is 9.92. The van der Waals surface area contributed by atoms with Gasteiger partial charge < -0.3 is 10.4 Å². The molecule has 27 heavy (non-hydrogen) atoms. The zero-order valence-electron chi connectivity index (χ0n) is 14.5. The summed E-state index contributed by atoms with van der Waals surface area (Å²) in [5.74, 6) is -1.74. The van der Waals surface area contributed by atoms with Crippen LogP contribution in [0.25, 0.3) is 5.57 Å². The van der Waals surface area contributed by atoms with Crippen LogP contribution in [0.3, 0.4) is 0 Å². The highest BCUT2D eigenvalue weighted by Crippen LogP contribution is 2.42. The lowest BCUT2D eigenvalue weighted by molar-refractivity contribution is -0.152. The Kier molecular flexibility index (Phi) is 4.24. The van der Waals surface area contributed by atoms with Crippen molar-refractivity contribution in [2.75, 3.05) is 0 Å². The van der Waals surface area contributed by atoms with Crippen LogP contribution in [0.1, 0.15) is 17.5 Å². The second kappa shape index (κ2) is 6.72. The summed E-state index contributed by atoms with van der Waals surface area (Å²) in [5.41, 5.74) is 2.29. The molecule has 2 amide bonds. The molecule has 0 saturated carbocycles. The fourth-order valence-electron chi connectivity index (χ4n) is 3.77. The Balaban J connectivity index is 1.51. The van der Waals surface area contributed by atoms with Gasteiger partial charge in [-0.25, -0.2) is 4.79 Å². The standard InChI is InChI=1S/C21H18N2O4/c24-17(11-13-7-3-1-4-8-13)22-18-16-12-15(14-9-5-2-6-10-14)19(21(26)27)23(16)20(18)25/h1-10,16,18H,11-12H2,(H,22,24)(H,26,27)/t16-,18-/m1/s1. The fourth-order valence-corrected chi connectivity index (χ4v) is 3.77. The molecule has 0 unspecified atom stereocenters. The second-order valence-corrected chi connectivity index (χ2v) is 6.69. The number of carboxylic acids is 1. The minimum atomic E-state index is -1.13. The molecule has 2 aromatic rings. The number of benzene rings is 2. The van der Waals surface area contributed by atoms with E-state index in [-0.39, 0.29) is 30.0 Å². The van der Waals surface area contributed by atoms with Crippen molar-refractivity contribution >= 4 is 23.4 Å². The number of aliphatic carboxylic acids is 1. The maximum atomic E-state index is 12.5. The zero-order valence-corrected chi connectivity index (χ0v) is 14.5. The van der Waals surface area contributed by atoms with Gasteiger partial charge in [0.2, 0.25) is 5.91 Å². The van der Waals surface area contributed by atoms with E-state index in [0.29, 0.717) is 12.0 Å². The monoisotopic (exact) mass is 362 g/mol. The number of nitrogens with zero attached hydrogens (tertiary/aromatic N) is 1. The molecule has 0 radical (unpaired) electrons. The van der Waals surface area contributed by atoms with E-state index >= 15 is 0 Å². The summed E-state index contributed by atoms with van der Waals surface area (Å²) in [4.78, 5) is 37.9. The topological polar surface area (TPSA) is 86.7 Å². The van der Waals surface area contributed by atoms with E-state index in [2.05, 4.69) is 5.32 Å². The number of rotatable bonds is 5. The maximum Gasteiger partial charge on any atom is 0.352 e. The molecule has 6 heteroatoms. The van der Waals surface area contributed by atoms with E-state index in [1.165, 1.54) is 4.90 Å². The van der Waals surface area contributed by atoms with Crippen molar-refractivity contribution in [3.8, 4) is 0 Å². The molecule has 0 bridgehead atoms. The van der Waals surface area contributed by atoms with Crippen molar-refractivity contribution in [3.05, 3.63) is 77.5 Å². The molecule has 136 valence electrons. The molecule has 2 aromatic carbocycles. The summed E-state index contributed by atoms with van der Waals surface area (Å²) >= 11 is 0. The van der Waals surface area contributed by atoms with Crippen LogP contribution in [-0.2, 0) is 20.8 Å². The summed E-state index contributed by atoms with van der Waals surface area (Å²) in [7, 11) is 0. The first-order valence-electron chi connectivity index (χ1n) is 8.74. The molecular weight excluding hydrogens is 344 g/mol. The third-order valence-electron chi connectivity index (χ3n) is 5.01. The lowest BCUT2D eigenvalue weighted by Gasteiger charge is -2.43. The molecular formula is C21H18N2O4. The number of nitrogens with one attached hydrogen (secondary N) is 1. The molecule has 2 atom stereocenters. The third kappa shape index (κ3) is 2.99. The Bertz CT molecular complexity index is 937. The first-order chi connectivity index (χ1) is 13.1. The van der Waals surface area contributed by atoms with Crippen LogP contribution >= 0.6 is 0 Å². The van der Waals surface area contributed by atoms with Gasteiger partial charge in [-0.2, -0.15) is 0 Å². The number of fused-ring (bicyclic) bond motifs is 1. The van der Waals surface area contributed by atoms with Gasteiger partial charge in [0.25, 0.3) is 5.91 Å². The molecule has 2 aliphatic heterocycles. The Hall–Kier alpha value is -3.41. The van der Waals surface area contributed by atoms with E-state index in [1.54, 1.807) is 0 Å². The van der Waals surface area contributed by atoms with E-state index in [0.717, 1.165) is 11.1 Å². The van der Waals surface area contributed by atoms with E-state index in [1.807, 2.05) is 60.7 Å². The van der Waals surface area contributed by atoms with Crippen LogP contribution < -0.4 is 5.32 Å². The summed E-state index contributed by atoms with van der Waals surface area (Å²) in [6.45, 7) is 0. The molecule has 1 saturated heterocycles. The Morgan fingerprint density at radius 3 is 2.30 bits per heavy atom. The summed E-state index contributed by atoms with van der Waals surface area (Å²) in [5, 5.41) is 12.4. The van der Waals surface area contributed by atoms with Crippen molar-refractivity contribution in [1.29, 1.82) is 0 Å². The van der Waals surface area contributed by atoms with E-state index < -0.39 is 12.0 Å². The first-order valence-corrected chi connectivity index (χ1v) is 8.74. The quantitative estimate of drug-likeness (QED) is 0.795. The third-order valence-corrected chi connectivity index (χ3v) is 5.01. The predicted molar refractivity (Wildman–Crippen MR) is 98.3 cm³/mol. The van der Waals surface area contributed by atoms with Crippen LogP contribution in [0.15, 0.2) is 66.4 Å². The normalized spacial score (nSPS) is 20.9. The summed E-state index contributed by atoms with van der Waals surface area (Å²) < 4.78 is 0. The van der Waals surface area contributed by atoms with Crippen LogP contribution in [-0.4, -0.2) is 39.9 Å². The average Bonchev–Trinajstić information content (AvgIpc) is 3.04. The van der Waals surface area contributed by atoms with Gasteiger partial charge in [-0.15, -0.1) is 0 Å². The molecule has 4 rings (SSSR count). The number of amides is 2. The largest absolute Gasteiger partial charge is 0.477 e. The molecule has 2 aliphatic rings. The van der Waals surface area contributed by atoms with Crippen molar-refractivity contribution in [3.63, 3.8) is 0 Å². The van der Waals surface area contributed by atoms with Crippen molar-refractivity contribution in [2.24, 2.45) is 0 Å². The minimum absolute atomic E-state index is 0.0183. The summed E-state index contributed by atoms with van der Waals surface area (Å²) in [6.07, 6.45) is 0.593. The van der Waals surface area contributed by atoms with Gasteiger partial charge >= 0.3 is 5.97 Å². The molecule has 6 nitrogen and oxygen atoms in total. The van der Waals surface area contributed by atoms with Gasteiger partial charge in [0.05, 0.1) is 12.5 Å². The number of carbonyl (C=O) groups is 3. The van der Waals surface area contributed by atoms with Crippen molar-refractivity contribution < 1.29 is 19.5 Å². The number of carboxylic acid groups (broad SMARTS) is 1. The van der Waals surface area contributed by atoms with Gasteiger partial charge in [0, 0.05) is 0 Å². The van der Waals surface area contributed by atoms with Crippen LogP contribution in [0.4, 0.5) is 0 Å². The molecule has 1 fully saturated rings. The smallest absolute Gasteiger partial charge is 0.352 e. The number of hydrogen-bond acceptors (Lipinski definition) is 3. The highest BCUT2D eigenvalue weighted by molar-refractivity contribution is 6.08. The lowest BCUT2D eigenvalue weighted by Crippen LogP contribution is -2.68. The predicted octanol–water partition coefficient (Wildman–Crippen LogP) is 1.82. The fraction of sp³-hybridized carbons (Fsp3) is 0.190. The Morgan fingerprint density at radius 1 is 1.04 bits per heavy atom. The first kappa shape index (κ1) is 17.0. The van der Waals surface area contributed by atoms with Crippen LogP contribution in [0.2, 0.25) is 0 Å². The number of hydrogen-bond donors (Lipinski definition) is 2. The van der Waals surface area contributed by atoms with Gasteiger partial charge in [-0.1, -0.05) is 60.7 Å². The SMILES string of the molecule is O=C(Cc1ccccc1)N[C@H]1C(=O)N2C(C(=O)O)=C(c3ccccc3)C[C@H]12. The van der Waals surface area contributed by atoms with Gasteiger partial charge in [0.1, 0.15) is 11.7 Å². The number of carbonyl (C=O) groups excluding carboxylic acids is 2. The van der Waals surface area contributed by atoms with Crippen LogP contribution in [0.5, 0.6) is 0 Å². The second-order valence-electron chi connectivity index (χ2n) is 6.69. The molecule has 0 aliphatic carbocycles. The van der Waals surface area contributed by atoms with Crippen molar-refractivity contribution in [1.82, 2.24) is 10.2 Å². The average molecular weight is 362 g/mol. The highest BCUT2D eigenvalue weighted by atomic mass is 16.4. The molecule has 2 N–H and O–H groups in total. The van der Waals surface area contributed by atoms with Gasteiger partial charge in [-0.05, 0) is 23.1 Å². The Morgan fingerprint density at radius 2 is 1.67 bits per heavy atom. The molecule has 0 spiro atoms. The molecule has 2 heterocycles. The van der Waals surface area contributed by atoms with Crippen LogP contribution in [0, 0.1) is 0 Å². The maximum absolute atomic E-state index is 12.5. The van der Waals surface area contributed by atoms with Crippen molar-refractivity contribution in [2.45, 2.75) is 24.9 Å². The summed E-state index contributed by atoms with van der Waals surface area (Å²) in [6, 6.07) is 17.4. The zero-order chi connectivity index (χ0) is 19.0. The highest BCUT2D eigenvalue weighted by Gasteiger charge is 2.55. The minimum Gasteiger partial charge on any atom is -0.477 e. The van der Waals surface area contributed by atoms with Gasteiger partial charge in [0.15, 0.2) is 0 Å².